The Kier molecular flexibility index (Phi) is 6.79. The largest absolute Gasteiger partial charge is 0.497 e. The van der Waals surface area contributed by atoms with Crippen LogP contribution in [0.15, 0.2) is 72.8 Å². The summed E-state index contributed by atoms with van der Waals surface area (Å²) in [4.78, 5) is 12.0. The lowest BCUT2D eigenvalue weighted by Crippen LogP contribution is -2.22. The molecule has 0 bridgehead atoms. The van der Waals surface area contributed by atoms with E-state index in [-0.39, 0.29) is 11.7 Å². The van der Waals surface area contributed by atoms with Crippen molar-refractivity contribution in [1.82, 2.24) is 5.32 Å². The van der Waals surface area contributed by atoms with Crippen LogP contribution in [0.5, 0.6) is 5.75 Å². The van der Waals surface area contributed by atoms with Gasteiger partial charge >= 0.3 is 0 Å². The predicted octanol–water partition coefficient (Wildman–Crippen LogP) is 5.14. The number of nitrogens with one attached hydrogen (secondary N) is 1. The molecule has 0 aliphatic rings. The van der Waals surface area contributed by atoms with E-state index in [1.54, 1.807) is 19.2 Å². The summed E-state index contributed by atoms with van der Waals surface area (Å²) in [5, 5.41) is 2.94. The van der Waals surface area contributed by atoms with E-state index in [9.17, 15) is 9.18 Å². The fourth-order valence-electron chi connectivity index (χ4n) is 3.03. The summed E-state index contributed by atoms with van der Waals surface area (Å²) in [5.74, 6) is 0.624. The van der Waals surface area contributed by atoms with Crippen molar-refractivity contribution in [2.45, 2.75) is 25.8 Å². The van der Waals surface area contributed by atoms with Gasteiger partial charge in [-0.15, -0.1) is 0 Å². The molecule has 0 heterocycles. The number of amides is 1. The van der Waals surface area contributed by atoms with Crippen LogP contribution in [0.1, 0.15) is 24.0 Å². The summed E-state index contributed by atoms with van der Waals surface area (Å²) in [7, 11) is 1.63. The molecule has 0 atom stereocenters. The van der Waals surface area contributed by atoms with Gasteiger partial charge in [0.15, 0.2) is 0 Å². The smallest absolute Gasteiger partial charge is 0.220 e. The molecule has 0 unspecified atom stereocenters. The van der Waals surface area contributed by atoms with Crippen molar-refractivity contribution in [3.8, 4) is 16.9 Å². The maximum Gasteiger partial charge on any atom is 0.220 e. The Hall–Kier alpha value is -3.14. The maximum absolute atomic E-state index is 13.8. The van der Waals surface area contributed by atoms with E-state index in [0.717, 1.165) is 35.3 Å². The molecule has 0 saturated carbocycles. The molecule has 144 valence electrons. The molecule has 3 aromatic carbocycles. The summed E-state index contributed by atoms with van der Waals surface area (Å²) in [6, 6.07) is 22.3. The predicted molar refractivity (Wildman–Crippen MR) is 110 cm³/mol. The lowest BCUT2D eigenvalue weighted by atomic mass is 10.0. The molecule has 28 heavy (non-hydrogen) atoms. The van der Waals surface area contributed by atoms with Gasteiger partial charge in [0.1, 0.15) is 11.6 Å². The summed E-state index contributed by atoms with van der Waals surface area (Å²) < 4.78 is 19.0. The minimum Gasteiger partial charge on any atom is -0.497 e. The Morgan fingerprint density at radius 2 is 1.61 bits per heavy atom. The van der Waals surface area contributed by atoms with Crippen LogP contribution < -0.4 is 10.1 Å². The minimum atomic E-state index is -0.219. The zero-order valence-electron chi connectivity index (χ0n) is 16.0. The third-order valence-electron chi connectivity index (χ3n) is 4.66. The topological polar surface area (TPSA) is 38.3 Å². The van der Waals surface area contributed by atoms with Gasteiger partial charge in [0.25, 0.3) is 0 Å². The Bertz CT molecular complexity index is 905. The molecule has 0 saturated heterocycles. The molecule has 0 aliphatic heterocycles. The Balaban J connectivity index is 1.43. The lowest BCUT2D eigenvalue weighted by molar-refractivity contribution is -0.121. The maximum atomic E-state index is 13.8. The Labute approximate surface area is 165 Å². The van der Waals surface area contributed by atoms with Crippen LogP contribution in [0.4, 0.5) is 4.39 Å². The second kappa shape index (κ2) is 9.70. The van der Waals surface area contributed by atoms with Crippen LogP contribution in [0.25, 0.3) is 11.1 Å². The first-order valence-electron chi connectivity index (χ1n) is 9.39. The van der Waals surface area contributed by atoms with Crippen molar-refractivity contribution in [3.05, 3.63) is 89.7 Å². The number of carbonyl (C=O) groups excluding carboxylic acids is 1. The van der Waals surface area contributed by atoms with Crippen LogP contribution in [-0.2, 0) is 17.8 Å². The van der Waals surface area contributed by atoms with Crippen molar-refractivity contribution in [1.29, 1.82) is 0 Å². The average Bonchev–Trinajstić information content (AvgIpc) is 2.73. The molecular weight excluding hydrogens is 353 g/mol. The quantitative estimate of drug-likeness (QED) is 0.590. The lowest BCUT2D eigenvalue weighted by Gasteiger charge is -2.07. The second-order valence-electron chi connectivity index (χ2n) is 6.66. The van der Waals surface area contributed by atoms with Crippen molar-refractivity contribution >= 4 is 5.91 Å². The number of hydrogen-bond donors (Lipinski definition) is 1. The van der Waals surface area contributed by atoms with Crippen molar-refractivity contribution in [3.63, 3.8) is 0 Å². The number of ether oxygens (including phenoxy) is 1. The number of benzene rings is 3. The molecule has 3 rings (SSSR count). The zero-order valence-corrected chi connectivity index (χ0v) is 16.0. The summed E-state index contributed by atoms with van der Waals surface area (Å²) >= 11 is 0. The fraction of sp³-hybridized carbons (Fsp3) is 0.208. The molecule has 0 aliphatic carbocycles. The second-order valence-corrected chi connectivity index (χ2v) is 6.66. The molecule has 0 aromatic heterocycles. The molecule has 1 amide bonds. The van der Waals surface area contributed by atoms with E-state index in [0.29, 0.717) is 18.5 Å². The summed E-state index contributed by atoms with van der Waals surface area (Å²) in [5.41, 5.74) is 3.65. The van der Waals surface area contributed by atoms with Gasteiger partial charge in [-0.2, -0.15) is 0 Å². The standard InChI is InChI=1S/C24H24FNO2/c1-28-21-15-11-19(12-16-21)17-26-24(27)8-4-5-18-9-13-20(14-10-18)22-6-2-3-7-23(22)25/h2-3,6-7,9-16H,4-5,8,17H2,1H3,(H,26,27). The van der Waals surface area contributed by atoms with Gasteiger partial charge in [0.05, 0.1) is 7.11 Å². The van der Waals surface area contributed by atoms with Crippen LogP contribution >= 0.6 is 0 Å². The van der Waals surface area contributed by atoms with Gasteiger partial charge in [-0.05, 0) is 47.7 Å². The number of hydrogen-bond acceptors (Lipinski definition) is 2. The fourth-order valence-corrected chi connectivity index (χ4v) is 3.03. The van der Waals surface area contributed by atoms with Gasteiger partial charge in [-0.25, -0.2) is 4.39 Å². The number of halogens is 1. The normalized spacial score (nSPS) is 10.5. The first-order valence-corrected chi connectivity index (χ1v) is 9.39. The van der Waals surface area contributed by atoms with E-state index in [4.69, 9.17) is 4.74 Å². The van der Waals surface area contributed by atoms with E-state index < -0.39 is 0 Å². The SMILES string of the molecule is COc1ccc(CNC(=O)CCCc2ccc(-c3ccccc3F)cc2)cc1. The van der Waals surface area contributed by atoms with Crippen molar-refractivity contribution in [2.75, 3.05) is 7.11 Å². The van der Waals surface area contributed by atoms with Crippen LogP contribution in [0.2, 0.25) is 0 Å². The molecule has 0 fully saturated rings. The molecule has 0 spiro atoms. The number of carbonyl (C=O) groups is 1. The van der Waals surface area contributed by atoms with Crippen LogP contribution in [-0.4, -0.2) is 13.0 Å². The first-order chi connectivity index (χ1) is 13.7. The highest BCUT2D eigenvalue weighted by Gasteiger charge is 2.05. The Morgan fingerprint density at radius 3 is 2.29 bits per heavy atom. The number of rotatable bonds is 8. The highest BCUT2D eigenvalue weighted by atomic mass is 19.1. The third-order valence-corrected chi connectivity index (χ3v) is 4.66. The average molecular weight is 377 g/mol. The Morgan fingerprint density at radius 1 is 0.929 bits per heavy atom. The molecule has 0 radical (unpaired) electrons. The molecule has 4 heteroatoms. The van der Waals surface area contributed by atoms with Gasteiger partial charge in [-0.3, -0.25) is 4.79 Å². The van der Waals surface area contributed by atoms with Crippen LogP contribution in [0, 0.1) is 5.82 Å². The van der Waals surface area contributed by atoms with Crippen molar-refractivity contribution in [2.24, 2.45) is 0 Å². The molecule has 3 nitrogen and oxygen atoms in total. The van der Waals surface area contributed by atoms with E-state index in [1.807, 2.05) is 54.6 Å². The molecular formula is C24H24FNO2. The highest BCUT2D eigenvalue weighted by molar-refractivity contribution is 5.75. The monoisotopic (exact) mass is 377 g/mol. The van der Waals surface area contributed by atoms with Gasteiger partial charge in [-0.1, -0.05) is 54.6 Å². The highest BCUT2D eigenvalue weighted by Crippen LogP contribution is 2.23. The van der Waals surface area contributed by atoms with Gasteiger partial charge in [0, 0.05) is 18.5 Å². The van der Waals surface area contributed by atoms with E-state index >= 15 is 0 Å². The third kappa shape index (κ3) is 5.43. The van der Waals surface area contributed by atoms with Gasteiger partial charge < -0.3 is 10.1 Å². The van der Waals surface area contributed by atoms with E-state index in [1.165, 1.54) is 6.07 Å². The van der Waals surface area contributed by atoms with Gasteiger partial charge in [0.2, 0.25) is 5.91 Å². The number of methoxy groups -OCH3 is 1. The molecule has 3 aromatic rings. The first kappa shape index (κ1) is 19.6. The van der Waals surface area contributed by atoms with E-state index in [2.05, 4.69) is 5.32 Å². The van der Waals surface area contributed by atoms with Crippen molar-refractivity contribution < 1.29 is 13.9 Å². The summed E-state index contributed by atoms with van der Waals surface area (Å²) in [6.45, 7) is 0.514. The zero-order chi connectivity index (χ0) is 19.8. The molecule has 1 N–H and O–H groups in total. The van der Waals surface area contributed by atoms with Crippen LogP contribution in [0.3, 0.4) is 0 Å². The number of aryl methyl sites for hydroxylation is 1. The minimum absolute atomic E-state index is 0.0406. The summed E-state index contributed by atoms with van der Waals surface area (Å²) in [6.07, 6.45) is 2.06.